The molecule has 1 aromatic heterocycles. The Kier molecular flexibility index (Phi) is 9.66. The molecular weight excluding hydrogens is 531 g/mol. The van der Waals surface area contributed by atoms with Crippen LogP contribution in [0.1, 0.15) is 16.3 Å². The summed E-state index contributed by atoms with van der Waals surface area (Å²) in [6.07, 6.45) is 0. The van der Waals surface area contributed by atoms with Crippen LogP contribution in [0.25, 0.3) is 0 Å². The molecule has 0 bridgehead atoms. The molecule has 144 valence electrons. The maximum Gasteiger partial charge on any atom is 0.194 e. The SMILES string of the molecule is CN=C(NCc1cc(OC)c(OC)cc1Br)N(C)Cc1csc(C)n1.I. The van der Waals surface area contributed by atoms with Crippen molar-refractivity contribution in [2.24, 2.45) is 4.99 Å². The van der Waals surface area contributed by atoms with Crippen LogP contribution in [-0.4, -0.2) is 44.2 Å². The molecule has 1 aromatic carbocycles. The van der Waals surface area contributed by atoms with Crippen molar-refractivity contribution in [3.63, 3.8) is 0 Å². The number of hydrogen-bond donors (Lipinski definition) is 1. The molecule has 0 aliphatic heterocycles. The minimum atomic E-state index is 0. The molecule has 0 amide bonds. The van der Waals surface area contributed by atoms with Crippen LogP contribution in [0.2, 0.25) is 0 Å². The molecule has 0 aliphatic carbocycles. The van der Waals surface area contributed by atoms with Crippen LogP contribution in [0, 0.1) is 6.92 Å². The molecule has 0 saturated carbocycles. The van der Waals surface area contributed by atoms with E-state index in [2.05, 4.69) is 36.6 Å². The van der Waals surface area contributed by atoms with Crippen LogP contribution in [0.4, 0.5) is 0 Å². The van der Waals surface area contributed by atoms with Crippen molar-refractivity contribution in [2.75, 3.05) is 28.3 Å². The van der Waals surface area contributed by atoms with Gasteiger partial charge in [-0.05, 0) is 24.6 Å². The Bertz CT molecular complexity index is 754. The molecule has 0 saturated heterocycles. The molecule has 26 heavy (non-hydrogen) atoms. The quantitative estimate of drug-likeness (QED) is 0.331. The number of aliphatic imine (C=N–C) groups is 1. The smallest absolute Gasteiger partial charge is 0.194 e. The van der Waals surface area contributed by atoms with Gasteiger partial charge in [-0.1, -0.05) is 15.9 Å². The second-order valence-corrected chi connectivity index (χ2v) is 7.33. The Morgan fingerprint density at radius 3 is 2.50 bits per heavy atom. The Balaban J connectivity index is 0.00000338. The van der Waals surface area contributed by atoms with E-state index in [0.29, 0.717) is 24.6 Å². The lowest BCUT2D eigenvalue weighted by molar-refractivity contribution is 0.354. The number of guanidine groups is 1. The van der Waals surface area contributed by atoms with Crippen molar-refractivity contribution in [2.45, 2.75) is 20.0 Å². The predicted octanol–water partition coefficient (Wildman–Crippen LogP) is 4.06. The second-order valence-electron chi connectivity index (χ2n) is 5.41. The fourth-order valence-corrected chi connectivity index (χ4v) is 3.46. The van der Waals surface area contributed by atoms with Crippen molar-refractivity contribution in [3.8, 4) is 11.5 Å². The zero-order chi connectivity index (χ0) is 18.4. The average Bonchev–Trinajstić information content (AvgIpc) is 3.00. The summed E-state index contributed by atoms with van der Waals surface area (Å²) in [6, 6.07) is 3.85. The Morgan fingerprint density at radius 2 is 1.96 bits per heavy atom. The van der Waals surface area contributed by atoms with Crippen molar-refractivity contribution in [3.05, 3.63) is 38.3 Å². The minimum absolute atomic E-state index is 0. The summed E-state index contributed by atoms with van der Waals surface area (Å²) >= 11 is 5.23. The lowest BCUT2D eigenvalue weighted by atomic mass is 10.2. The van der Waals surface area contributed by atoms with Crippen molar-refractivity contribution >= 4 is 57.2 Å². The summed E-state index contributed by atoms with van der Waals surface area (Å²) in [5, 5.41) is 6.51. The molecule has 2 rings (SSSR count). The summed E-state index contributed by atoms with van der Waals surface area (Å²) in [6.45, 7) is 3.32. The van der Waals surface area contributed by atoms with E-state index in [0.717, 1.165) is 26.7 Å². The summed E-state index contributed by atoms with van der Waals surface area (Å²) < 4.78 is 11.6. The normalized spacial score (nSPS) is 10.9. The van der Waals surface area contributed by atoms with Crippen LogP contribution in [-0.2, 0) is 13.1 Å². The first kappa shape index (κ1) is 23.0. The van der Waals surface area contributed by atoms with Gasteiger partial charge in [-0.2, -0.15) is 0 Å². The zero-order valence-corrected chi connectivity index (χ0v) is 20.2. The van der Waals surface area contributed by atoms with Crippen LogP contribution in [0.5, 0.6) is 11.5 Å². The number of benzene rings is 1. The molecule has 1 N–H and O–H groups in total. The van der Waals surface area contributed by atoms with Gasteiger partial charge in [0.15, 0.2) is 17.5 Å². The third-order valence-corrected chi connectivity index (χ3v) is 5.19. The molecule has 6 nitrogen and oxygen atoms in total. The third kappa shape index (κ3) is 5.98. The number of thiazole rings is 1. The van der Waals surface area contributed by atoms with E-state index in [4.69, 9.17) is 9.47 Å². The van der Waals surface area contributed by atoms with Crippen molar-refractivity contribution < 1.29 is 9.47 Å². The first-order valence-corrected chi connectivity index (χ1v) is 9.39. The number of aryl methyl sites for hydroxylation is 1. The van der Waals surface area contributed by atoms with Crippen LogP contribution < -0.4 is 14.8 Å². The number of methoxy groups -OCH3 is 2. The van der Waals surface area contributed by atoms with Gasteiger partial charge in [0.05, 0.1) is 31.5 Å². The summed E-state index contributed by atoms with van der Waals surface area (Å²) in [5.74, 6) is 2.19. The summed E-state index contributed by atoms with van der Waals surface area (Å²) in [7, 11) is 7.02. The van der Waals surface area contributed by atoms with E-state index in [1.54, 1.807) is 32.6 Å². The van der Waals surface area contributed by atoms with Crippen LogP contribution in [0.3, 0.4) is 0 Å². The van der Waals surface area contributed by atoms with Gasteiger partial charge in [0, 0.05) is 30.5 Å². The fourth-order valence-electron chi connectivity index (χ4n) is 2.39. The number of hydrogen-bond acceptors (Lipinski definition) is 5. The van der Waals surface area contributed by atoms with Gasteiger partial charge in [0.2, 0.25) is 0 Å². The van der Waals surface area contributed by atoms with Crippen LogP contribution >= 0.6 is 51.2 Å². The van der Waals surface area contributed by atoms with Crippen LogP contribution in [0.15, 0.2) is 27.0 Å². The summed E-state index contributed by atoms with van der Waals surface area (Å²) in [5.41, 5.74) is 2.09. The Labute approximate surface area is 184 Å². The highest BCUT2D eigenvalue weighted by Gasteiger charge is 2.12. The Morgan fingerprint density at radius 1 is 1.31 bits per heavy atom. The Hall–Kier alpha value is -1.07. The van der Waals surface area contributed by atoms with E-state index in [1.807, 2.05) is 31.0 Å². The number of ether oxygens (including phenoxy) is 2. The zero-order valence-electron chi connectivity index (χ0n) is 15.5. The number of halogens is 2. The van der Waals surface area contributed by atoms with Gasteiger partial charge >= 0.3 is 0 Å². The van der Waals surface area contributed by atoms with E-state index >= 15 is 0 Å². The molecule has 2 aromatic rings. The molecular formula is C17H24BrIN4O2S. The van der Waals surface area contributed by atoms with Gasteiger partial charge in [-0.15, -0.1) is 35.3 Å². The number of rotatable bonds is 6. The van der Waals surface area contributed by atoms with E-state index in [1.165, 1.54) is 0 Å². The van der Waals surface area contributed by atoms with E-state index in [9.17, 15) is 0 Å². The highest BCUT2D eigenvalue weighted by Crippen LogP contribution is 2.33. The lowest BCUT2D eigenvalue weighted by Gasteiger charge is -2.22. The molecule has 0 unspecified atom stereocenters. The monoisotopic (exact) mass is 554 g/mol. The average molecular weight is 555 g/mol. The number of nitrogens with zero attached hydrogens (tertiary/aromatic N) is 3. The van der Waals surface area contributed by atoms with Gasteiger partial charge in [-0.3, -0.25) is 4.99 Å². The molecule has 0 radical (unpaired) electrons. The largest absolute Gasteiger partial charge is 0.493 e. The molecule has 0 atom stereocenters. The molecule has 0 aliphatic rings. The van der Waals surface area contributed by atoms with Gasteiger partial charge < -0.3 is 19.7 Å². The van der Waals surface area contributed by atoms with E-state index in [-0.39, 0.29) is 24.0 Å². The van der Waals surface area contributed by atoms with E-state index < -0.39 is 0 Å². The minimum Gasteiger partial charge on any atom is -0.493 e. The molecule has 0 fully saturated rings. The van der Waals surface area contributed by atoms with Gasteiger partial charge in [0.1, 0.15) is 0 Å². The first-order valence-electron chi connectivity index (χ1n) is 7.71. The number of aromatic nitrogens is 1. The second kappa shape index (κ2) is 10.9. The molecule has 9 heteroatoms. The van der Waals surface area contributed by atoms with Gasteiger partial charge in [0.25, 0.3) is 0 Å². The van der Waals surface area contributed by atoms with Crippen molar-refractivity contribution in [1.29, 1.82) is 0 Å². The topological polar surface area (TPSA) is 59.0 Å². The molecule has 0 spiro atoms. The maximum atomic E-state index is 5.37. The van der Waals surface area contributed by atoms with Gasteiger partial charge in [-0.25, -0.2) is 4.98 Å². The highest BCUT2D eigenvalue weighted by atomic mass is 127. The first-order chi connectivity index (χ1) is 12.0. The maximum absolute atomic E-state index is 5.37. The third-order valence-electron chi connectivity index (χ3n) is 3.63. The molecule has 1 heterocycles. The highest BCUT2D eigenvalue weighted by molar-refractivity contribution is 14.0. The fraction of sp³-hybridized carbons (Fsp3) is 0.412. The van der Waals surface area contributed by atoms with Crippen molar-refractivity contribution in [1.82, 2.24) is 15.2 Å². The lowest BCUT2D eigenvalue weighted by Crippen LogP contribution is -2.38. The number of nitrogens with one attached hydrogen (secondary N) is 1. The predicted molar refractivity (Wildman–Crippen MR) is 121 cm³/mol. The summed E-state index contributed by atoms with van der Waals surface area (Å²) in [4.78, 5) is 10.9. The standard InChI is InChI=1S/C17H23BrN4O2S.HI/c1-11-21-13(10-25-11)9-22(3)17(19-2)20-8-12-6-15(23-4)16(24-5)7-14(12)18;/h6-7,10H,8-9H2,1-5H3,(H,19,20);1H.